The van der Waals surface area contributed by atoms with Gasteiger partial charge in [0.1, 0.15) is 23.9 Å². The van der Waals surface area contributed by atoms with Crippen molar-refractivity contribution in [3.05, 3.63) is 59.8 Å². The first-order chi connectivity index (χ1) is 17.0. The molecule has 0 saturated heterocycles. The summed E-state index contributed by atoms with van der Waals surface area (Å²) in [4.78, 5) is 27.4. The lowest BCUT2D eigenvalue weighted by Gasteiger charge is -2.21. The van der Waals surface area contributed by atoms with E-state index in [4.69, 9.17) is 14.6 Å². The molecule has 3 rings (SSSR count). The van der Waals surface area contributed by atoms with Gasteiger partial charge in [-0.15, -0.1) is 0 Å². The molecule has 0 radical (unpaired) electrons. The van der Waals surface area contributed by atoms with Crippen LogP contribution < -0.4 is 20.1 Å². The van der Waals surface area contributed by atoms with Gasteiger partial charge in [0.15, 0.2) is 0 Å². The molecule has 0 atom stereocenters. The second kappa shape index (κ2) is 11.2. The lowest BCUT2D eigenvalue weighted by molar-refractivity contribution is -0.116. The molecule has 0 saturated carbocycles. The third kappa shape index (κ3) is 6.56. The monoisotopic (exact) mass is 493 g/mol. The van der Waals surface area contributed by atoms with Gasteiger partial charge in [0.25, 0.3) is 0 Å². The number of anilines is 2. The second-order valence-electron chi connectivity index (χ2n) is 9.51. The number of amides is 3. The molecule has 9 heteroatoms. The number of nitrogens with one attached hydrogen (secondary N) is 2. The van der Waals surface area contributed by atoms with Crippen molar-refractivity contribution < 1.29 is 19.1 Å². The summed E-state index contributed by atoms with van der Waals surface area (Å²) in [5, 5.41) is 10.5. The summed E-state index contributed by atoms with van der Waals surface area (Å²) in [6.07, 6.45) is 0. The Bertz CT molecular complexity index is 1190. The van der Waals surface area contributed by atoms with Crippen molar-refractivity contribution >= 4 is 23.4 Å². The van der Waals surface area contributed by atoms with Crippen LogP contribution in [0.1, 0.15) is 39.0 Å². The van der Waals surface area contributed by atoms with E-state index in [0.717, 1.165) is 16.9 Å². The molecular formula is C27H35N5O4. The highest BCUT2D eigenvalue weighted by atomic mass is 16.5. The fraction of sp³-hybridized carbons (Fsp3) is 0.370. The van der Waals surface area contributed by atoms with E-state index in [1.165, 1.54) is 19.1 Å². The smallest absolute Gasteiger partial charge is 0.322 e. The van der Waals surface area contributed by atoms with Gasteiger partial charge in [-0.1, -0.05) is 38.5 Å². The number of aromatic nitrogens is 2. The van der Waals surface area contributed by atoms with Gasteiger partial charge in [-0.2, -0.15) is 5.10 Å². The van der Waals surface area contributed by atoms with E-state index in [1.807, 2.05) is 44.2 Å². The molecule has 2 N–H and O–H groups in total. The predicted octanol–water partition coefficient (Wildman–Crippen LogP) is 4.99. The molecule has 9 nitrogen and oxygen atoms in total. The van der Waals surface area contributed by atoms with Gasteiger partial charge >= 0.3 is 6.03 Å². The number of carbonyl (C=O) groups excluding carboxylic acids is 2. The average molecular weight is 494 g/mol. The van der Waals surface area contributed by atoms with Crippen LogP contribution >= 0.6 is 0 Å². The predicted molar refractivity (Wildman–Crippen MR) is 141 cm³/mol. The zero-order valence-electron chi connectivity index (χ0n) is 22.0. The number of methoxy groups -OCH3 is 2. The number of hydrogen-bond acceptors (Lipinski definition) is 5. The SMILES string of the molecule is CCN(CC(=O)Nc1cc(C(C)(C)C)nn1-c1ccc(C)cc1)C(=O)Nc1cc(OC)cc(OC)c1. The van der Waals surface area contributed by atoms with Crippen LogP contribution in [-0.2, 0) is 10.2 Å². The van der Waals surface area contributed by atoms with Gasteiger partial charge in [-0.3, -0.25) is 4.79 Å². The van der Waals surface area contributed by atoms with Crippen LogP contribution in [0.25, 0.3) is 5.69 Å². The Morgan fingerprint density at radius 3 is 2.11 bits per heavy atom. The summed E-state index contributed by atoms with van der Waals surface area (Å²) in [7, 11) is 3.07. The number of carbonyl (C=O) groups is 2. The molecule has 1 aromatic heterocycles. The van der Waals surface area contributed by atoms with Gasteiger partial charge in [0.2, 0.25) is 5.91 Å². The molecule has 0 fully saturated rings. The van der Waals surface area contributed by atoms with Crippen molar-refractivity contribution in [1.29, 1.82) is 0 Å². The maximum Gasteiger partial charge on any atom is 0.322 e. The van der Waals surface area contributed by atoms with E-state index in [2.05, 4.69) is 31.4 Å². The molecule has 0 aliphatic rings. The first-order valence-corrected chi connectivity index (χ1v) is 11.8. The Hall–Kier alpha value is -4.01. The molecule has 36 heavy (non-hydrogen) atoms. The van der Waals surface area contributed by atoms with E-state index in [0.29, 0.717) is 29.5 Å². The Morgan fingerprint density at radius 1 is 0.972 bits per heavy atom. The summed E-state index contributed by atoms with van der Waals surface area (Å²) in [6, 6.07) is 14.4. The fourth-order valence-corrected chi connectivity index (χ4v) is 3.48. The Balaban J connectivity index is 1.77. The normalized spacial score (nSPS) is 11.1. The Labute approximate surface area is 212 Å². The number of nitrogens with zero attached hydrogens (tertiary/aromatic N) is 3. The van der Waals surface area contributed by atoms with Gasteiger partial charge in [0, 0.05) is 41.9 Å². The van der Waals surface area contributed by atoms with E-state index in [9.17, 15) is 9.59 Å². The second-order valence-corrected chi connectivity index (χ2v) is 9.51. The first-order valence-electron chi connectivity index (χ1n) is 11.8. The lowest BCUT2D eigenvalue weighted by Crippen LogP contribution is -2.40. The largest absolute Gasteiger partial charge is 0.497 e. The fourth-order valence-electron chi connectivity index (χ4n) is 3.48. The van der Waals surface area contributed by atoms with Crippen LogP contribution in [0, 0.1) is 6.92 Å². The first kappa shape index (κ1) is 26.6. The highest BCUT2D eigenvalue weighted by Gasteiger charge is 2.23. The third-order valence-corrected chi connectivity index (χ3v) is 5.63. The molecule has 0 unspecified atom stereocenters. The van der Waals surface area contributed by atoms with Gasteiger partial charge in [0.05, 0.1) is 25.6 Å². The third-order valence-electron chi connectivity index (χ3n) is 5.63. The number of hydrogen-bond donors (Lipinski definition) is 2. The van der Waals surface area contributed by atoms with Crippen LogP contribution in [0.5, 0.6) is 11.5 Å². The number of benzene rings is 2. The van der Waals surface area contributed by atoms with Crippen molar-refractivity contribution in [3.63, 3.8) is 0 Å². The molecule has 192 valence electrons. The van der Waals surface area contributed by atoms with Crippen molar-refractivity contribution in [1.82, 2.24) is 14.7 Å². The maximum atomic E-state index is 13.0. The molecule has 0 spiro atoms. The summed E-state index contributed by atoms with van der Waals surface area (Å²) in [6.45, 7) is 10.2. The molecule has 3 aromatic rings. The van der Waals surface area contributed by atoms with E-state index >= 15 is 0 Å². The summed E-state index contributed by atoms with van der Waals surface area (Å²) in [5.74, 6) is 1.31. The Morgan fingerprint density at radius 2 is 1.58 bits per heavy atom. The molecular weight excluding hydrogens is 458 g/mol. The highest BCUT2D eigenvalue weighted by molar-refractivity contribution is 5.97. The molecule has 0 aliphatic carbocycles. The molecule has 1 heterocycles. The van der Waals surface area contributed by atoms with Crippen LogP contribution in [0.2, 0.25) is 0 Å². The summed E-state index contributed by atoms with van der Waals surface area (Å²) in [5.41, 5.74) is 3.11. The minimum absolute atomic E-state index is 0.132. The number of rotatable bonds is 8. The number of urea groups is 1. The van der Waals surface area contributed by atoms with E-state index in [1.54, 1.807) is 22.9 Å². The van der Waals surface area contributed by atoms with Crippen LogP contribution in [0.3, 0.4) is 0 Å². The summed E-state index contributed by atoms with van der Waals surface area (Å²) >= 11 is 0. The minimum atomic E-state index is -0.412. The van der Waals surface area contributed by atoms with Crippen molar-refractivity contribution in [2.24, 2.45) is 0 Å². The lowest BCUT2D eigenvalue weighted by atomic mass is 9.92. The highest BCUT2D eigenvalue weighted by Crippen LogP contribution is 2.27. The minimum Gasteiger partial charge on any atom is -0.497 e. The van der Waals surface area contributed by atoms with Gasteiger partial charge < -0.3 is 25.0 Å². The van der Waals surface area contributed by atoms with Gasteiger partial charge in [-0.25, -0.2) is 9.48 Å². The summed E-state index contributed by atoms with van der Waals surface area (Å²) < 4.78 is 12.2. The number of likely N-dealkylation sites (N-methyl/N-ethyl adjacent to an activating group) is 1. The maximum absolute atomic E-state index is 13.0. The zero-order chi connectivity index (χ0) is 26.5. The average Bonchev–Trinajstić information content (AvgIpc) is 3.26. The Kier molecular flexibility index (Phi) is 8.24. The standard InChI is InChI=1S/C27H35N5O4/c1-8-31(26(34)28-19-13-21(35-6)15-22(14-19)36-7)17-25(33)29-24-16-23(27(3,4)5)30-32(24)20-11-9-18(2)10-12-20/h9-16H,8,17H2,1-7H3,(H,28,34)(H,29,33). The van der Waals surface area contributed by atoms with Gasteiger partial charge in [-0.05, 0) is 26.0 Å². The van der Waals surface area contributed by atoms with Crippen LogP contribution in [-0.4, -0.2) is 53.9 Å². The molecule has 2 aromatic carbocycles. The van der Waals surface area contributed by atoms with E-state index < -0.39 is 6.03 Å². The number of aryl methyl sites for hydroxylation is 1. The van der Waals surface area contributed by atoms with Crippen LogP contribution in [0.15, 0.2) is 48.5 Å². The molecule has 0 aliphatic heterocycles. The van der Waals surface area contributed by atoms with Crippen molar-refractivity contribution in [3.8, 4) is 17.2 Å². The topological polar surface area (TPSA) is 97.7 Å². The van der Waals surface area contributed by atoms with Crippen LogP contribution in [0.4, 0.5) is 16.3 Å². The number of ether oxygens (including phenoxy) is 2. The van der Waals surface area contributed by atoms with E-state index in [-0.39, 0.29) is 17.9 Å². The molecule has 0 bridgehead atoms. The van der Waals surface area contributed by atoms with Crippen molar-refractivity contribution in [2.45, 2.75) is 40.0 Å². The zero-order valence-corrected chi connectivity index (χ0v) is 22.0. The van der Waals surface area contributed by atoms with Crippen molar-refractivity contribution in [2.75, 3.05) is 37.9 Å². The molecule has 3 amide bonds. The quantitative estimate of drug-likeness (QED) is 0.461.